The molecule has 6 nitrogen and oxygen atoms in total. The predicted molar refractivity (Wildman–Crippen MR) is 231 cm³/mol. The van der Waals surface area contributed by atoms with Gasteiger partial charge in [0.1, 0.15) is 0 Å². The Morgan fingerprint density at radius 2 is 1.44 bits per heavy atom. The Labute approximate surface area is 340 Å². The van der Waals surface area contributed by atoms with Crippen molar-refractivity contribution < 1.29 is 24.9 Å². The van der Waals surface area contributed by atoms with Gasteiger partial charge >= 0.3 is 5.97 Å². The number of allylic oxidation sites excluding steroid dienone is 2. The van der Waals surface area contributed by atoms with E-state index in [-0.39, 0.29) is 41.1 Å². The number of carbonyl (C=O) groups excluding carboxylic acids is 1. The van der Waals surface area contributed by atoms with Gasteiger partial charge in [0.25, 0.3) is 0 Å². The van der Waals surface area contributed by atoms with Crippen LogP contribution in [0.15, 0.2) is 54.6 Å². The monoisotopic (exact) mass is 784 g/mol. The molecule has 3 rings (SSSR count). The summed E-state index contributed by atoms with van der Waals surface area (Å²) in [7, 11) is 0. The number of halogens is 1. The molecule has 2 aliphatic rings. The first kappa shape index (κ1) is 47.2. The van der Waals surface area contributed by atoms with Gasteiger partial charge in [-0.2, -0.15) is 0 Å². The van der Waals surface area contributed by atoms with E-state index in [1.165, 1.54) is 96.3 Å². The van der Waals surface area contributed by atoms with Crippen LogP contribution in [0.3, 0.4) is 0 Å². The maximum Gasteiger partial charge on any atom is 0.307 e. The molecule has 7 heteroatoms. The molecule has 1 aromatic rings. The molecule has 0 heterocycles. The van der Waals surface area contributed by atoms with E-state index in [1.807, 2.05) is 42.5 Å². The Kier molecular flexibility index (Phi) is 23.6. The van der Waals surface area contributed by atoms with E-state index < -0.39 is 18.0 Å². The van der Waals surface area contributed by atoms with Gasteiger partial charge in [-0.15, -0.1) is 11.6 Å². The van der Waals surface area contributed by atoms with Gasteiger partial charge in [-0.05, 0) is 81.3 Å². The Balaban J connectivity index is 1.37. The van der Waals surface area contributed by atoms with Crippen molar-refractivity contribution in [2.24, 2.45) is 23.2 Å². The number of carboxylic acid groups (broad SMARTS) is 1. The van der Waals surface area contributed by atoms with Crippen LogP contribution in [0, 0.1) is 23.2 Å². The summed E-state index contributed by atoms with van der Waals surface area (Å²) in [5.74, 6) is -1.81. The third-order valence-corrected chi connectivity index (χ3v) is 13.5. The molecule has 0 saturated heterocycles. The zero-order valence-corrected chi connectivity index (χ0v) is 35.5. The molecule has 6 atom stereocenters. The van der Waals surface area contributed by atoms with Crippen LogP contribution in [0.1, 0.15) is 181 Å². The SMILES string of the molecule is CCCCCCCCCCCCCCCCCCN(C(=O)CC(CC/C=C\C[C@@H]1[C@@H](/C=C/C[C@H](O)C2(CC)CCC2)[C@H](O)C[C@H]1Cl)C(=O)O)c1ccccc1. The zero-order valence-electron chi connectivity index (χ0n) is 34.7. The molecule has 2 fully saturated rings. The first-order valence-electron chi connectivity index (χ1n) is 22.6. The minimum atomic E-state index is -0.934. The fraction of sp³-hybridized carbons (Fsp3) is 0.750. The Hall–Kier alpha value is -2.15. The number of aliphatic carboxylic acids is 1. The molecule has 0 radical (unpaired) electrons. The minimum Gasteiger partial charge on any atom is -0.481 e. The van der Waals surface area contributed by atoms with Crippen LogP contribution in [-0.4, -0.2) is 51.3 Å². The van der Waals surface area contributed by atoms with Crippen LogP contribution in [0.5, 0.6) is 0 Å². The number of carbonyl (C=O) groups is 2. The molecule has 3 N–H and O–H groups in total. The summed E-state index contributed by atoms with van der Waals surface area (Å²) in [4.78, 5) is 27.7. The number of nitrogens with zero attached hydrogens (tertiary/aromatic N) is 1. The topological polar surface area (TPSA) is 98.1 Å². The van der Waals surface area contributed by atoms with Crippen LogP contribution in [-0.2, 0) is 9.59 Å². The van der Waals surface area contributed by atoms with E-state index in [1.54, 1.807) is 4.90 Å². The molecule has 0 bridgehead atoms. The van der Waals surface area contributed by atoms with E-state index in [9.17, 15) is 24.9 Å². The summed E-state index contributed by atoms with van der Waals surface area (Å²) >= 11 is 6.69. The average molecular weight is 785 g/mol. The number of carboxylic acids is 1. The van der Waals surface area contributed by atoms with E-state index in [0.29, 0.717) is 38.6 Å². The van der Waals surface area contributed by atoms with Gasteiger partial charge in [0.05, 0.1) is 18.1 Å². The first-order chi connectivity index (χ1) is 26.7. The van der Waals surface area contributed by atoms with Crippen molar-refractivity contribution in [2.75, 3.05) is 11.4 Å². The number of unbranched alkanes of at least 4 members (excludes halogenated alkanes) is 15. The molecule has 1 amide bonds. The highest BCUT2D eigenvalue weighted by molar-refractivity contribution is 6.21. The van der Waals surface area contributed by atoms with E-state index in [4.69, 9.17) is 11.6 Å². The Morgan fingerprint density at radius 3 is 1.96 bits per heavy atom. The number of benzene rings is 1. The van der Waals surface area contributed by atoms with Crippen LogP contribution in [0.4, 0.5) is 5.69 Å². The Bertz CT molecular complexity index is 1230. The van der Waals surface area contributed by atoms with Gasteiger partial charge in [0.2, 0.25) is 5.91 Å². The van der Waals surface area contributed by atoms with Gasteiger partial charge in [0, 0.05) is 29.9 Å². The normalized spacial score (nSPS) is 21.9. The van der Waals surface area contributed by atoms with Crippen molar-refractivity contribution in [1.29, 1.82) is 0 Å². The van der Waals surface area contributed by atoms with Crippen molar-refractivity contribution in [3.05, 3.63) is 54.6 Å². The van der Waals surface area contributed by atoms with Crippen LogP contribution in [0.2, 0.25) is 0 Å². The van der Waals surface area contributed by atoms with Gasteiger partial charge in [0.15, 0.2) is 0 Å². The largest absolute Gasteiger partial charge is 0.481 e. The maximum atomic E-state index is 13.6. The standard InChI is InChI=1S/C48H78ClNO5/c1-3-5-6-7-8-9-10-11-12-13-14-15-16-17-18-25-36-50(40-29-22-20-23-30-40)46(53)37-39(47(54)55)28-21-19-24-31-41-42(44(51)38-43(41)49)32-26-33-45(52)48(4-2)34-27-35-48/h19-20,22-24,26,29-30,32,39,41-45,51-52H,3-18,21,25,27-28,31,33-38H2,1-2H3,(H,54,55)/b24-19-,32-26+/t39?,41-,42-,43-,44-,45+/m1/s1. The summed E-state index contributed by atoms with van der Waals surface area (Å²) in [5, 5.41) is 31.5. The number of hydrogen-bond donors (Lipinski definition) is 3. The molecule has 312 valence electrons. The second kappa shape index (κ2) is 27.5. The predicted octanol–water partition coefficient (Wildman–Crippen LogP) is 12.6. The van der Waals surface area contributed by atoms with Gasteiger partial charge in [-0.25, -0.2) is 0 Å². The number of alkyl halides is 1. The number of rotatable bonds is 31. The zero-order chi connectivity index (χ0) is 39.7. The molecule has 0 spiro atoms. The molecule has 55 heavy (non-hydrogen) atoms. The average Bonchev–Trinajstić information content (AvgIpc) is 3.42. The lowest BCUT2D eigenvalue weighted by Gasteiger charge is -2.45. The molecule has 1 unspecified atom stereocenters. The van der Waals surface area contributed by atoms with Crippen molar-refractivity contribution in [2.45, 2.75) is 198 Å². The van der Waals surface area contributed by atoms with Gasteiger partial charge < -0.3 is 20.2 Å². The quantitative estimate of drug-likeness (QED) is 0.0396. The Morgan fingerprint density at radius 1 is 0.855 bits per heavy atom. The number of aliphatic hydroxyl groups is 2. The van der Waals surface area contributed by atoms with Crippen molar-refractivity contribution in [1.82, 2.24) is 0 Å². The summed E-state index contributed by atoms with van der Waals surface area (Å²) in [6, 6.07) is 9.67. The second-order valence-electron chi connectivity index (χ2n) is 17.0. The van der Waals surface area contributed by atoms with Gasteiger partial charge in [-0.3, -0.25) is 9.59 Å². The van der Waals surface area contributed by atoms with Crippen molar-refractivity contribution >= 4 is 29.2 Å². The fourth-order valence-electron chi connectivity index (χ4n) is 8.96. The summed E-state index contributed by atoms with van der Waals surface area (Å²) in [6.07, 6.45) is 35.2. The number of aliphatic hydroxyl groups excluding tert-OH is 2. The number of amides is 1. The maximum absolute atomic E-state index is 13.6. The van der Waals surface area contributed by atoms with E-state index >= 15 is 0 Å². The van der Waals surface area contributed by atoms with E-state index in [0.717, 1.165) is 37.8 Å². The molecular weight excluding hydrogens is 706 g/mol. The van der Waals surface area contributed by atoms with E-state index in [2.05, 4.69) is 26.0 Å². The lowest BCUT2D eigenvalue weighted by Crippen LogP contribution is -2.40. The smallest absolute Gasteiger partial charge is 0.307 e. The van der Waals surface area contributed by atoms with Crippen LogP contribution < -0.4 is 4.90 Å². The molecular formula is C48H78ClNO5. The first-order valence-corrected chi connectivity index (χ1v) is 23.1. The lowest BCUT2D eigenvalue weighted by atomic mass is 9.63. The van der Waals surface area contributed by atoms with Gasteiger partial charge in [-0.1, -0.05) is 159 Å². The third kappa shape index (κ3) is 17.1. The third-order valence-electron chi connectivity index (χ3n) is 13.0. The molecule has 0 aliphatic heterocycles. The van der Waals surface area contributed by atoms with Crippen LogP contribution >= 0.6 is 11.6 Å². The molecule has 0 aromatic heterocycles. The van der Waals surface area contributed by atoms with Crippen molar-refractivity contribution in [3.8, 4) is 0 Å². The van der Waals surface area contributed by atoms with Crippen molar-refractivity contribution in [3.63, 3.8) is 0 Å². The van der Waals surface area contributed by atoms with Crippen LogP contribution in [0.25, 0.3) is 0 Å². The molecule has 2 aliphatic carbocycles. The molecule has 1 aromatic carbocycles. The minimum absolute atomic E-state index is 0.0203. The summed E-state index contributed by atoms with van der Waals surface area (Å²) < 4.78 is 0. The number of para-hydroxylation sites is 1. The molecule has 2 saturated carbocycles. The fourth-order valence-corrected chi connectivity index (χ4v) is 9.41. The summed E-state index contributed by atoms with van der Waals surface area (Å²) in [5.41, 5.74) is 0.886. The number of hydrogen-bond acceptors (Lipinski definition) is 4. The highest BCUT2D eigenvalue weighted by Gasteiger charge is 2.42. The lowest BCUT2D eigenvalue weighted by molar-refractivity contribution is -0.143. The second-order valence-corrected chi connectivity index (χ2v) is 17.6. The number of anilines is 1. The highest BCUT2D eigenvalue weighted by atomic mass is 35.5. The summed E-state index contributed by atoms with van der Waals surface area (Å²) in [6.45, 7) is 5.04. The highest BCUT2D eigenvalue weighted by Crippen LogP contribution is 2.48.